The molecule has 0 spiro atoms. The number of hydrogen-bond acceptors (Lipinski definition) is 6. The number of fused-ring (bicyclic) bond motifs is 5. The van der Waals surface area contributed by atoms with Crippen LogP contribution in [0.2, 0.25) is 0 Å². The van der Waals surface area contributed by atoms with Gasteiger partial charge < -0.3 is 29.7 Å². The number of aliphatic hydroxyl groups is 2. The second kappa shape index (κ2) is 11.4. The Morgan fingerprint density at radius 2 is 1.60 bits per heavy atom. The van der Waals surface area contributed by atoms with E-state index in [9.17, 15) is 15.0 Å². The van der Waals surface area contributed by atoms with Gasteiger partial charge in [0.1, 0.15) is 0 Å². The summed E-state index contributed by atoms with van der Waals surface area (Å²) in [4.78, 5) is 13.0. The third-order valence-electron chi connectivity index (χ3n) is 12.2. The molecule has 10 unspecified atom stereocenters. The van der Waals surface area contributed by atoms with Gasteiger partial charge in [-0.2, -0.15) is 0 Å². The summed E-state index contributed by atoms with van der Waals surface area (Å²) in [6, 6.07) is 3.52. The summed E-state index contributed by atoms with van der Waals surface area (Å²) in [5.41, 5.74) is 1.09. The third-order valence-corrected chi connectivity index (χ3v) is 12.2. The molecule has 0 bridgehead atoms. The van der Waals surface area contributed by atoms with Crippen LogP contribution in [-0.4, -0.2) is 49.7 Å². The van der Waals surface area contributed by atoms with Gasteiger partial charge in [0.25, 0.3) is 0 Å². The molecule has 0 saturated heterocycles. The molecular weight excluding hydrogens is 506 g/mol. The Kier molecular flexibility index (Phi) is 8.37. The number of amides is 1. The maximum absolute atomic E-state index is 13.0. The molecule has 4 saturated carbocycles. The van der Waals surface area contributed by atoms with Gasteiger partial charge in [-0.1, -0.05) is 20.8 Å². The summed E-state index contributed by atoms with van der Waals surface area (Å²) in [5, 5.41) is 24.9. The average Bonchev–Trinajstić information content (AvgIpc) is 3.29. The highest BCUT2D eigenvalue weighted by molar-refractivity contribution is 5.91. The zero-order valence-corrected chi connectivity index (χ0v) is 25.4. The standard InChI is InChI=1S/C33H51NO6/c1-19(7-10-29(37)34-21-17-27(38-4)31(40-6)28(18-21)39-5)23-8-9-24-30-25(12-14-33(23,24)3)32(2)13-11-22(35)15-20(32)16-26(30)36/h17-20,22-26,30,35-36H,7-16H2,1-6H3,(H,34,37). The highest BCUT2D eigenvalue weighted by atomic mass is 16.5. The van der Waals surface area contributed by atoms with E-state index in [4.69, 9.17) is 14.2 Å². The fraction of sp³-hybridized carbons (Fsp3) is 0.788. The fourth-order valence-corrected chi connectivity index (χ4v) is 10.1. The number of carbonyl (C=O) groups excluding carboxylic acids is 1. The summed E-state index contributed by atoms with van der Waals surface area (Å²) >= 11 is 0. The van der Waals surface area contributed by atoms with E-state index in [2.05, 4.69) is 26.1 Å². The van der Waals surface area contributed by atoms with Crippen molar-refractivity contribution in [2.75, 3.05) is 26.6 Å². The third kappa shape index (κ3) is 4.99. The summed E-state index contributed by atoms with van der Waals surface area (Å²) < 4.78 is 16.3. The van der Waals surface area contributed by atoms with Crippen molar-refractivity contribution < 1.29 is 29.2 Å². The Labute approximate surface area is 240 Å². The van der Waals surface area contributed by atoms with E-state index in [0.717, 1.165) is 32.1 Å². The van der Waals surface area contributed by atoms with E-state index in [1.807, 2.05) is 0 Å². The molecule has 40 heavy (non-hydrogen) atoms. The minimum atomic E-state index is -0.253. The van der Waals surface area contributed by atoms with E-state index in [1.165, 1.54) is 25.7 Å². The molecule has 3 N–H and O–H groups in total. The maximum Gasteiger partial charge on any atom is 0.224 e. The first kappa shape index (κ1) is 29.5. The first-order valence-electron chi connectivity index (χ1n) is 15.5. The molecule has 0 aliphatic heterocycles. The first-order chi connectivity index (χ1) is 19.0. The Hall–Kier alpha value is -1.99. The van der Waals surface area contributed by atoms with Crippen LogP contribution in [0.25, 0.3) is 0 Å². The monoisotopic (exact) mass is 557 g/mol. The number of rotatable bonds is 8. The number of nitrogens with one attached hydrogen (secondary N) is 1. The van der Waals surface area contributed by atoms with E-state index >= 15 is 0 Å². The van der Waals surface area contributed by atoms with Crippen molar-refractivity contribution in [1.29, 1.82) is 0 Å². The number of benzene rings is 1. The van der Waals surface area contributed by atoms with Crippen LogP contribution in [0.15, 0.2) is 12.1 Å². The lowest BCUT2D eigenvalue weighted by Crippen LogP contribution is -2.58. The quantitative estimate of drug-likeness (QED) is 0.360. The van der Waals surface area contributed by atoms with Crippen molar-refractivity contribution in [1.82, 2.24) is 0 Å². The molecule has 0 radical (unpaired) electrons. The van der Waals surface area contributed by atoms with Gasteiger partial charge in [-0.3, -0.25) is 4.79 Å². The zero-order chi connectivity index (χ0) is 28.8. The van der Waals surface area contributed by atoms with Crippen molar-refractivity contribution in [3.63, 3.8) is 0 Å². The zero-order valence-electron chi connectivity index (χ0n) is 25.4. The highest BCUT2D eigenvalue weighted by Gasteiger charge is 2.62. The van der Waals surface area contributed by atoms with Crippen molar-refractivity contribution in [2.45, 2.75) is 97.2 Å². The molecule has 1 aromatic rings. The summed E-state index contributed by atoms with van der Waals surface area (Å²) in [7, 11) is 4.70. The molecule has 4 aliphatic rings. The SMILES string of the molecule is COc1cc(NC(=O)CCC(C)C2CCC3C4C(O)CC5CC(O)CCC5(C)C4CCC23C)cc(OC)c1OC. The van der Waals surface area contributed by atoms with Crippen LogP contribution in [0.3, 0.4) is 0 Å². The largest absolute Gasteiger partial charge is 0.493 e. The van der Waals surface area contributed by atoms with Crippen LogP contribution in [-0.2, 0) is 4.79 Å². The minimum absolute atomic E-state index is 0.00862. The van der Waals surface area contributed by atoms with Gasteiger partial charge in [-0.15, -0.1) is 0 Å². The molecule has 1 amide bonds. The first-order valence-corrected chi connectivity index (χ1v) is 15.5. The molecular formula is C33H51NO6. The molecule has 7 nitrogen and oxygen atoms in total. The second-order valence-electron chi connectivity index (χ2n) is 13.9. The lowest BCUT2D eigenvalue weighted by molar-refractivity contribution is -0.174. The number of anilines is 1. The van der Waals surface area contributed by atoms with Gasteiger partial charge in [0.05, 0.1) is 33.5 Å². The van der Waals surface area contributed by atoms with Gasteiger partial charge in [-0.25, -0.2) is 0 Å². The summed E-state index contributed by atoms with van der Waals surface area (Å²) in [6.07, 6.45) is 9.34. The van der Waals surface area contributed by atoms with E-state index in [-0.39, 0.29) is 28.9 Å². The molecule has 224 valence electrons. The average molecular weight is 558 g/mol. The number of carbonyl (C=O) groups is 1. The van der Waals surface area contributed by atoms with E-state index < -0.39 is 0 Å². The van der Waals surface area contributed by atoms with Gasteiger partial charge in [0.15, 0.2) is 11.5 Å². The molecule has 7 heteroatoms. The normalized spacial score (nSPS) is 39.4. The summed E-state index contributed by atoms with van der Waals surface area (Å²) in [5.74, 6) is 4.45. The van der Waals surface area contributed by atoms with E-state index in [1.54, 1.807) is 33.5 Å². The predicted molar refractivity (Wildman–Crippen MR) is 156 cm³/mol. The van der Waals surface area contributed by atoms with Crippen molar-refractivity contribution >= 4 is 11.6 Å². The molecule has 5 rings (SSSR count). The van der Waals surface area contributed by atoms with Crippen LogP contribution in [0.4, 0.5) is 5.69 Å². The molecule has 0 heterocycles. The smallest absolute Gasteiger partial charge is 0.224 e. The van der Waals surface area contributed by atoms with Crippen LogP contribution in [0, 0.1) is 46.3 Å². The number of aliphatic hydroxyl groups excluding tert-OH is 2. The number of hydrogen-bond donors (Lipinski definition) is 3. The Morgan fingerprint density at radius 1 is 0.950 bits per heavy atom. The molecule has 0 aromatic heterocycles. The molecule has 10 atom stereocenters. The van der Waals surface area contributed by atoms with Crippen molar-refractivity contribution in [3.8, 4) is 17.2 Å². The van der Waals surface area contributed by atoms with Gasteiger partial charge >= 0.3 is 0 Å². The van der Waals surface area contributed by atoms with Crippen LogP contribution < -0.4 is 19.5 Å². The van der Waals surface area contributed by atoms with Crippen molar-refractivity contribution in [3.05, 3.63) is 12.1 Å². The van der Waals surface area contributed by atoms with Crippen molar-refractivity contribution in [2.24, 2.45) is 46.3 Å². The van der Waals surface area contributed by atoms with Crippen LogP contribution >= 0.6 is 0 Å². The fourth-order valence-electron chi connectivity index (χ4n) is 10.1. The molecule has 1 aromatic carbocycles. The van der Waals surface area contributed by atoms with E-state index in [0.29, 0.717) is 64.9 Å². The predicted octanol–water partition coefficient (Wildman–Crippen LogP) is 6.06. The highest BCUT2D eigenvalue weighted by Crippen LogP contribution is 2.68. The summed E-state index contributed by atoms with van der Waals surface area (Å²) in [6.45, 7) is 7.29. The Morgan fingerprint density at radius 3 is 2.25 bits per heavy atom. The lowest BCUT2D eigenvalue weighted by atomic mass is 9.43. The topological polar surface area (TPSA) is 97.3 Å². The van der Waals surface area contributed by atoms with Crippen LogP contribution in [0.5, 0.6) is 17.2 Å². The van der Waals surface area contributed by atoms with Gasteiger partial charge in [-0.05, 0) is 104 Å². The van der Waals surface area contributed by atoms with Crippen LogP contribution in [0.1, 0.15) is 85.0 Å². The maximum atomic E-state index is 13.0. The second-order valence-corrected chi connectivity index (χ2v) is 13.9. The Balaban J connectivity index is 1.23. The van der Waals surface area contributed by atoms with Gasteiger partial charge in [0.2, 0.25) is 11.7 Å². The lowest BCUT2D eigenvalue weighted by Gasteiger charge is -2.62. The molecule has 4 fully saturated rings. The molecule has 4 aliphatic carbocycles. The minimum Gasteiger partial charge on any atom is -0.493 e. The Bertz CT molecular complexity index is 1050. The number of methoxy groups -OCH3 is 3. The number of ether oxygens (including phenoxy) is 3. The van der Waals surface area contributed by atoms with Gasteiger partial charge in [0, 0.05) is 24.2 Å².